The van der Waals surface area contributed by atoms with E-state index in [1.54, 1.807) is 12.3 Å². The summed E-state index contributed by atoms with van der Waals surface area (Å²) >= 11 is 0. The van der Waals surface area contributed by atoms with Gasteiger partial charge in [0.05, 0.1) is 32.3 Å². The highest BCUT2D eigenvalue weighted by molar-refractivity contribution is 5.77. The van der Waals surface area contributed by atoms with E-state index in [9.17, 15) is 14.4 Å². The van der Waals surface area contributed by atoms with Crippen molar-refractivity contribution in [2.24, 2.45) is 28.6 Å². The highest BCUT2D eigenvalue weighted by Gasteiger charge is 2.80. The molecule has 9 atom stereocenters. The molecule has 5 aliphatic rings. The van der Waals surface area contributed by atoms with Crippen LogP contribution in [0, 0.1) is 28.6 Å². The second-order valence-corrected chi connectivity index (χ2v) is 12.5. The zero-order chi connectivity index (χ0) is 25.3. The van der Waals surface area contributed by atoms with Crippen molar-refractivity contribution in [3.8, 4) is 0 Å². The van der Waals surface area contributed by atoms with Gasteiger partial charge in [-0.15, -0.1) is 0 Å². The summed E-state index contributed by atoms with van der Waals surface area (Å²) in [7, 11) is 1.33. The molecule has 6 rings (SSSR count). The summed E-state index contributed by atoms with van der Waals surface area (Å²) in [6.07, 6.45) is 10.6. The van der Waals surface area contributed by atoms with Crippen LogP contribution in [0.2, 0.25) is 0 Å². The lowest BCUT2D eigenvalue weighted by Gasteiger charge is -2.61. The van der Waals surface area contributed by atoms with Crippen molar-refractivity contribution in [2.75, 3.05) is 7.11 Å². The Morgan fingerprint density at radius 3 is 2.56 bits per heavy atom. The van der Waals surface area contributed by atoms with E-state index in [0.717, 1.165) is 50.5 Å². The first-order valence-electron chi connectivity index (χ1n) is 13.7. The van der Waals surface area contributed by atoms with Gasteiger partial charge in [-0.25, -0.2) is 4.79 Å². The van der Waals surface area contributed by atoms with E-state index in [4.69, 9.17) is 13.9 Å². The van der Waals surface area contributed by atoms with E-state index in [1.165, 1.54) is 13.5 Å². The minimum absolute atomic E-state index is 0.0506. The molecule has 9 unspecified atom stereocenters. The number of hydrogen-bond acceptors (Lipinski definition) is 7. The van der Waals surface area contributed by atoms with Crippen LogP contribution < -0.4 is 5.63 Å². The van der Waals surface area contributed by atoms with Crippen LogP contribution >= 0.6 is 0 Å². The van der Waals surface area contributed by atoms with Crippen molar-refractivity contribution >= 4 is 11.9 Å². The summed E-state index contributed by atoms with van der Waals surface area (Å²) in [5, 5.41) is 0. The fourth-order valence-electron chi connectivity index (χ4n) is 9.38. The molecule has 7 heteroatoms. The van der Waals surface area contributed by atoms with E-state index in [1.807, 2.05) is 6.07 Å². The van der Waals surface area contributed by atoms with Crippen LogP contribution in [0.25, 0.3) is 0 Å². The number of methoxy groups -OCH3 is 1. The first-order valence-corrected chi connectivity index (χ1v) is 13.7. The van der Waals surface area contributed by atoms with Crippen molar-refractivity contribution in [1.82, 2.24) is 0 Å². The Balaban J connectivity index is 1.16. The summed E-state index contributed by atoms with van der Waals surface area (Å²) in [6.45, 7) is 4.91. The lowest BCUT2D eigenvalue weighted by atomic mass is 9.44. The monoisotopic (exact) mass is 498 g/mol. The molecule has 0 aromatic carbocycles. The summed E-state index contributed by atoms with van der Waals surface area (Å²) < 4.78 is 22.3. The number of esters is 2. The predicted octanol–water partition coefficient (Wildman–Crippen LogP) is 4.76. The summed E-state index contributed by atoms with van der Waals surface area (Å²) in [5.41, 5.74) is 1.09. The van der Waals surface area contributed by atoms with Gasteiger partial charge in [0.25, 0.3) is 0 Å². The van der Waals surface area contributed by atoms with Crippen LogP contribution in [-0.2, 0) is 23.8 Å². The minimum atomic E-state index is -0.378. The molecule has 1 saturated heterocycles. The fraction of sp³-hybridized carbons (Fsp3) is 0.759. The maximum atomic E-state index is 12.3. The van der Waals surface area contributed by atoms with Crippen molar-refractivity contribution in [3.05, 3.63) is 34.4 Å². The van der Waals surface area contributed by atoms with Gasteiger partial charge < -0.3 is 18.6 Å². The Morgan fingerprint density at radius 1 is 1.00 bits per heavy atom. The maximum absolute atomic E-state index is 12.3. The highest BCUT2D eigenvalue weighted by atomic mass is 16.6. The average Bonchev–Trinajstić information content (AvgIpc) is 3.53. The molecule has 196 valence electrons. The fourth-order valence-corrected chi connectivity index (χ4v) is 9.38. The summed E-state index contributed by atoms with van der Waals surface area (Å²) in [6, 6.07) is 3.51. The second-order valence-electron chi connectivity index (χ2n) is 12.5. The van der Waals surface area contributed by atoms with Crippen molar-refractivity contribution in [1.29, 1.82) is 0 Å². The molecule has 5 fully saturated rings. The Labute approximate surface area is 212 Å². The van der Waals surface area contributed by atoms with E-state index < -0.39 is 0 Å². The number of epoxide rings is 1. The molecule has 0 bridgehead atoms. The third-order valence-electron chi connectivity index (χ3n) is 11.2. The van der Waals surface area contributed by atoms with Crippen LogP contribution in [-0.4, -0.2) is 36.9 Å². The summed E-state index contributed by atoms with van der Waals surface area (Å²) in [5.74, 6) is 1.42. The molecular weight excluding hydrogens is 460 g/mol. The van der Waals surface area contributed by atoms with Gasteiger partial charge in [0.15, 0.2) is 0 Å². The number of rotatable bonds is 5. The first-order chi connectivity index (χ1) is 17.2. The van der Waals surface area contributed by atoms with Crippen molar-refractivity contribution < 1.29 is 28.2 Å². The van der Waals surface area contributed by atoms with Crippen molar-refractivity contribution in [2.45, 2.75) is 102 Å². The lowest BCUT2D eigenvalue weighted by molar-refractivity contribution is -0.166. The maximum Gasteiger partial charge on any atom is 0.335 e. The Bertz CT molecular complexity index is 1090. The molecule has 4 aliphatic carbocycles. The number of ether oxygens (including phenoxy) is 3. The zero-order valence-electron chi connectivity index (χ0n) is 21.6. The molecule has 0 amide bonds. The average molecular weight is 499 g/mol. The molecule has 2 heterocycles. The van der Waals surface area contributed by atoms with Gasteiger partial charge in [0.2, 0.25) is 0 Å². The van der Waals surface area contributed by atoms with Crippen LogP contribution in [0.4, 0.5) is 0 Å². The van der Waals surface area contributed by atoms with Gasteiger partial charge in [-0.05, 0) is 92.1 Å². The van der Waals surface area contributed by atoms with Crippen LogP contribution in [0.5, 0.6) is 0 Å². The molecule has 1 spiro atoms. The number of carbonyl (C=O) groups is 2. The minimum Gasteiger partial charge on any atom is -0.469 e. The normalized spacial score (nSPS) is 44.4. The second kappa shape index (κ2) is 8.44. The predicted molar refractivity (Wildman–Crippen MR) is 130 cm³/mol. The Kier molecular flexibility index (Phi) is 5.67. The summed E-state index contributed by atoms with van der Waals surface area (Å²) in [4.78, 5) is 35.2. The molecule has 4 saturated carbocycles. The van der Waals surface area contributed by atoms with E-state index >= 15 is 0 Å². The topological polar surface area (TPSA) is 95.3 Å². The quantitative estimate of drug-likeness (QED) is 0.426. The SMILES string of the molecule is COC(=O)CCC(=O)OC1CCC2(C)C(CCC3C2CCC2(C)C(c4ccc(=O)oc4)CC4OC432)C1. The smallest absolute Gasteiger partial charge is 0.335 e. The van der Waals surface area contributed by atoms with E-state index in [-0.39, 0.29) is 52.9 Å². The third kappa shape index (κ3) is 3.44. The molecule has 7 nitrogen and oxygen atoms in total. The lowest BCUT2D eigenvalue weighted by Crippen LogP contribution is -2.58. The van der Waals surface area contributed by atoms with E-state index in [2.05, 4.69) is 18.6 Å². The highest BCUT2D eigenvalue weighted by Crippen LogP contribution is 2.78. The number of fused-ring (bicyclic) bond motifs is 3. The number of hydrogen-bond donors (Lipinski definition) is 0. The van der Waals surface area contributed by atoms with E-state index in [0.29, 0.717) is 29.8 Å². The van der Waals surface area contributed by atoms with Crippen molar-refractivity contribution in [3.63, 3.8) is 0 Å². The molecular formula is C29H38O7. The molecule has 1 aromatic rings. The van der Waals surface area contributed by atoms with Crippen LogP contribution in [0.3, 0.4) is 0 Å². The molecule has 1 aliphatic heterocycles. The van der Waals surface area contributed by atoms with Crippen LogP contribution in [0.15, 0.2) is 27.6 Å². The van der Waals surface area contributed by atoms with Gasteiger partial charge in [-0.3, -0.25) is 9.59 Å². The Morgan fingerprint density at radius 2 is 1.81 bits per heavy atom. The number of carbonyl (C=O) groups excluding carboxylic acids is 2. The van der Waals surface area contributed by atoms with Gasteiger partial charge >= 0.3 is 17.6 Å². The van der Waals surface area contributed by atoms with Gasteiger partial charge in [0, 0.05) is 11.5 Å². The van der Waals surface area contributed by atoms with Gasteiger partial charge in [-0.1, -0.05) is 13.8 Å². The molecule has 0 radical (unpaired) electrons. The van der Waals surface area contributed by atoms with Gasteiger partial charge in [0.1, 0.15) is 11.7 Å². The van der Waals surface area contributed by atoms with Crippen LogP contribution in [0.1, 0.15) is 89.5 Å². The Hall–Kier alpha value is -2.15. The first kappa shape index (κ1) is 24.2. The third-order valence-corrected chi connectivity index (χ3v) is 11.2. The molecule has 36 heavy (non-hydrogen) atoms. The largest absolute Gasteiger partial charge is 0.469 e. The zero-order valence-corrected chi connectivity index (χ0v) is 21.6. The standard InChI is InChI=1S/C29H38O7/c1-27-12-10-19(35-26(32)9-8-24(30)33-3)14-18(27)5-6-21-20(27)11-13-28(2)22(15-23-29(21,28)36-23)17-4-7-25(31)34-16-17/h4,7,16,18-23H,5-6,8-15H2,1-3H3. The molecule has 0 N–H and O–H groups in total. The van der Waals surface area contributed by atoms with Gasteiger partial charge in [-0.2, -0.15) is 0 Å². The molecule has 1 aromatic heterocycles.